The highest BCUT2D eigenvalue weighted by Gasteiger charge is 2.43. The van der Waals surface area contributed by atoms with Crippen LogP contribution in [-0.2, 0) is 4.79 Å². The quantitative estimate of drug-likeness (QED) is 0.650. The van der Waals surface area contributed by atoms with E-state index in [-0.39, 0.29) is 23.9 Å². The fraction of sp³-hybridized carbons (Fsp3) is 0.308. The van der Waals surface area contributed by atoms with Gasteiger partial charge in [-0.25, -0.2) is 10.0 Å². The Morgan fingerprint density at radius 2 is 1.76 bits per heavy atom. The molecule has 2 unspecified atom stereocenters. The number of fused-ring (bicyclic) bond motifs is 1. The summed E-state index contributed by atoms with van der Waals surface area (Å²) in [6, 6.07) is 17.9. The molecule has 34 heavy (non-hydrogen) atoms. The second-order valence-corrected chi connectivity index (χ2v) is 8.71. The molecule has 3 aliphatic rings. The lowest BCUT2D eigenvalue weighted by atomic mass is 9.89. The molecule has 1 fully saturated rings. The number of nitrogens with two attached hydrogens (primary N) is 1. The van der Waals surface area contributed by atoms with Crippen molar-refractivity contribution in [2.24, 2.45) is 26.7 Å². The van der Waals surface area contributed by atoms with E-state index in [1.54, 1.807) is 0 Å². The molecule has 8 nitrogen and oxygen atoms in total. The van der Waals surface area contributed by atoms with Crippen LogP contribution in [0.5, 0.6) is 11.5 Å². The molecule has 2 atom stereocenters. The number of nitrogens with zero attached hydrogens (tertiary/aromatic N) is 4. The number of ether oxygens (including phenoxy) is 1. The lowest BCUT2D eigenvalue weighted by Crippen LogP contribution is -2.47. The topological polar surface area (TPSA) is 105 Å². The fourth-order valence-corrected chi connectivity index (χ4v) is 4.75. The summed E-state index contributed by atoms with van der Waals surface area (Å²) in [5.41, 5.74) is 8.24. The number of rotatable bonds is 6. The number of hydrogen-bond acceptors (Lipinski definition) is 7. The van der Waals surface area contributed by atoms with Crippen molar-refractivity contribution in [2.75, 3.05) is 0 Å². The minimum absolute atomic E-state index is 0.122. The largest absolute Gasteiger partial charge is 0.457 e. The van der Waals surface area contributed by atoms with Crippen LogP contribution in [0.2, 0.25) is 0 Å². The number of para-hydroxylation sites is 1. The van der Waals surface area contributed by atoms with Crippen LogP contribution in [0.15, 0.2) is 82.3 Å². The van der Waals surface area contributed by atoms with Crippen molar-refractivity contribution in [3.8, 4) is 11.5 Å². The van der Waals surface area contributed by atoms with Crippen molar-refractivity contribution in [1.29, 1.82) is 0 Å². The van der Waals surface area contributed by atoms with Gasteiger partial charge < -0.3 is 15.8 Å². The van der Waals surface area contributed by atoms with Crippen LogP contribution in [0.4, 0.5) is 0 Å². The van der Waals surface area contributed by atoms with Gasteiger partial charge in [0.25, 0.3) is 0 Å². The summed E-state index contributed by atoms with van der Waals surface area (Å²) in [6.45, 7) is 3.53. The minimum atomic E-state index is -0.431. The number of carbonyl (C=O) groups is 1. The normalized spacial score (nSPS) is 25.7. The van der Waals surface area contributed by atoms with Gasteiger partial charge >= 0.3 is 0 Å². The first-order valence-corrected chi connectivity index (χ1v) is 11.6. The Hall–Kier alpha value is -3.78. The summed E-state index contributed by atoms with van der Waals surface area (Å²) in [5, 5.41) is 10.0. The first-order valence-electron chi connectivity index (χ1n) is 11.6. The second kappa shape index (κ2) is 9.61. The van der Waals surface area contributed by atoms with Crippen LogP contribution in [0.25, 0.3) is 0 Å². The summed E-state index contributed by atoms with van der Waals surface area (Å²) in [5.74, 6) is 2.08. The number of nitrogens with one attached hydrogen (secondary N) is 1. The number of hydrogen-bond donors (Lipinski definition) is 2. The Morgan fingerprint density at radius 1 is 1.06 bits per heavy atom. The zero-order chi connectivity index (χ0) is 23.5. The Morgan fingerprint density at radius 3 is 2.47 bits per heavy atom. The van der Waals surface area contributed by atoms with E-state index in [9.17, 15) is 4.79 Å². The highest BCUT2D eigenvalue weighted by Crippen LogP contribution is 2.33. The molecular weight excluding hydrogens is 428 g/mol. The van der Waals surface area contributed by atoms with Gasteiger partial charge in [0, 0.05) is 6.04 Å². The molecule has 2 aromatic carbocycles. The van der Waals surface area contributed by atoms with Crippen LogP contribution in [0.1, 0.15) is 31.2 Å². The van der Waals surface area contributed by atoms with Gasteiger partial charge in [-0.15, -0.1) is 0 Å². The molecule has 8 heteroatoms. The molecule has 1 aliphatic carbocycles. The van der Waals surface area contributed by atoms with Crippen LogP contribution >= 0.6 is 0 Å². The number of amidine groups is 1. The molecule has 0 spiro atoms. The summed E-state index contributed by atoms with van der Waals surface area (Å²) in [4.78, 5) is 20.6. The summed E-state index contributed by atoms with van der Waals surface area (Å²) in [7, 11) is 0. The third kappa shape index (κ3) is 4.49. The van der Waals surface area contributed by atoms with Crippen LogP contribution in [0.3, 0.4) is 0 Å². The van der Waals surface area contributed by atoms with E-state index in [4.69, 9.17) is 15.6 Å². The number of carbonyl (C=O) groups excluding carboxylic acids is 1. The van der Waals surface area contributed by atoms with Crippen molar-refractivity contribution in [3.05, 3.63) is 72.8 Å². The molecule has 2 heterocycles. The molecule has 1 amide bonds. The lowest BCUT2D eigenvalue weighted by Gasteiger charge is -2.35. The Kier molecular flexibility index (Phi) is 6.22. The van der Waals surface area contributed by atoms with E-state index in [1.807, 2.05) is 59.6 Å². The van der Waals surface area contributed by atoms with Crippen molar-refractivity contribution in [2.45, 2.75) is 43.9 Å². The first kappa shape index (κ1) is 22.0. The third-order valence-corrected chi connectivity index (χ3v) is 6.50. The second-order valence-electron chi connectivity index (χ2n) is 8.71. The molecule has 2 aromatic rings. The van der Waals surface area contributed by atoms with E-state index in [2.05, 4.69) is 21.9 Å². The molecule has 2 aliphatic heterocycles. The zero-order valence-corrected chi connectivity index (χ0v) is 18.9. The summed E-state index contributed by atoms with van der Waals surface area (Å²) >= 11 is 0. The average Bonchev–Trinajstić information content (AvgIpc) is 3.26. The maximum absolute atomic E-state index is 11.6. The van der Waals surface area contributed by atoms with Gasteiger partial charge in [-0.05, 0) is 73.7 Å². The smallest absolute Gasteiger partial charge is 0.243 e. The Bertz CT molecular complexity index is 1130. The van der Waals surface area contributed by atoms with Crippen molar-refractivity contribution in [3.63, 3.8) is 0 Å². The SMILES string of the molecule is C=CC(=O)N[C@H]1CC[C@@H](N2N=C(c3ccc(Oc4ccccc4)cc3)C3C2=NC=NC3N)CC1. The first-order chi connectivity index (χ1) is 16.6. The van der Waals surface area contributed by atoms with Gasteiger partial charge in [0.05, 0.1) is 17.7 Å². The van der Waals surface area contributed by atoms with E-state index in [1.165, 1.54) is 12.4 Å². The predicted octanol–water partition coefficient (Wildman–Crippen LogP) is 3.45. The molecule has 1 saturated carbocycles. The Labute approximate surface area is 198 Å². The molecule has 0 aromatic heterocycles. The zero-order valence-electron chi connectivity index (χ0n) is 18.9. The third-order valence-electron chi connectivity index (χ3n) is 6.50. The number of aliphatic imine (C=N–C) groups is 2. The van der Waals surface area contributed by atoms with Gasteiger partial charge in [0.15, 0.2) is 0 Å². The van der Waals surface area contributed by atoms with Gasteiger partial charge in [-0.2, -0.15) is 5.10 Å². The highest BCUT2D eigenvalue weighted by atomic mass is 16.5. The number of amides is 1. The van der Waals surface area contributed by atoms with Crippen LogP contribution in [0, 0.1) is 5.92 Å². The van der Waals surface area contributed by atoms with E-state index in [0.29, 0.717) is 0 Å². The van der Waals surface area contributed by atoms with Gasteiger partial charge in [0.2, 0.25) is 5.91 Å². The average molecular weight is 457 g/mol. The molecule has 0 radical (unpaired) electrons. The maximum Gasteiger partial charge on any atom is 0.243 e. The van der Waals surface area contributed by atoms with Crippen molar-refractivity contribution in [1.82, 2.24) is 10.3 Å². The van der Waals surface area contributed by atoms with Crippen molar-refractivity contribution >= 4 is 23.8 Å². The van der Waals surface area contributed by atoms with Gasteiger partial charge in [0.1, 0.15) is 29.8 Å². The monoisotopic (exact) mass is 456 g/mol. The number of hydrazone groups is 1. The molecule has 0 saturated heterocycles. The molecular formula is C26H28N6O2. The predicted molar refractivity (Wildman–Crippen MR) is 133 cm³/mol. The summed E-state index contributed by atoms with van der Waals surface area (Å²) < 4.78 is 5.93. The Balaban J connectivity index is 1.34. The van der Waals surface area contributed by atoms with Crippen molar-refractivity contribution < 1.29 is 9.53 Å². The molecule has 0 bridgehead atoms. The molecule has 5 rings (SSSR count). The fourth-order valence-electron chi connectivity index (χ4n) is 4.75. The number of benzene rings is 2. The summed E-state index contributed by atoms with van der Waals surface area (Å²) in [6.07, 6.45) is 6.00. The maximum atomic E-state index is 11.6. The van der Waals surface area contributed by atoms with E-state index in [0.717, 1.165) is 54.3 Å². The molecule has 3 N–H and O–H groups in total. The van der Waals surface area contributed by atoms with Crippen LogP contribution < -0.4 is 15.8 Å². The molecule has 174 valence electrons. The van der Waals surface area contributed by atoms with E-state index >= 15 is 0 Å². The minimum Gasteiger partial charge on any atom is -0.457 e. The standard InChI is InChI=1S/C26H28N6O2/c1-2-22(33)30-18-10-12-19(13-11-18)32-26-23(25(27)28-16-29-26)24(31-32)17-8-14-21(15-9-17)34-20-6-4-3-5-7-20/h2-9,14-16,18-19,23,25H,1,10-13,27H2,(H,30,33)/t18-,19+,23?,25?. The highest BCUT2D eigenvalue weighted by molar-refractivity contribution is 6.19. The van der Waals surface area contributed by atoms with Gasteiger partial charge in [-0.3, -0.25) is 9.79 Å². The lowest BCUT2D eigenvalue weighted by molar-refractivity contribution is -0.117. The van der Waals surface area contributed by atoms with Gasteiger partial charge in [-0.1, -0.05) is 24.8 Å². The van der Waals surface area contributed by atoms with E-state index < -0.39 is 6.17 Å². The van der Waals surface area contributed by atoms with Crippen LogP contribution in [-0.4, -0.2) is 47.1 Å².